The van der Waals surface area contributed by atoms with Crippen molar-refractivity contribution in [3.05, 3.63) is 0 Å². The zero-order chi connectivity index (χ0) is 10.9. The first kappa shape index (κ1) is 13.3. The minimum absolute atomic E-state index is 0.534. The molecule has 0 aromatic heterocycles. The van der Waals surface area contributed by atoms with E-state index in [0.717, 1.165) is 18.4 Å². The molecule has 1 atom stereocenters. The quantitative estimate of drug-likeness (QED) is 0.728. The molecule has 1 fully saturated rings. The van der Waals surface area contributed by atoms with Crippen LogP contribution in [0.3, 0.4) is 0 Å². The van der Waals surface area contributed by atoms with Crippen LogP contribution >= 0.6 is 11.8 Å². The lowest BCUT2D eigenvalue weighted by Gasteiger charge is -2.24. The second-order valence-electron chi connectivity index (χ2n) is 4.30. The Morgan fingerprint density at radius 2 is 2.07 bits per heavy atom. The lowest BCUT2D eigenvalue weighted by atomic mass is 10.0. The molecule has 1 aliphatic carbocycles. The van der Waals surface area contributed by atoms with E-state index in [2.05, 4.69) is 24.0 Å². The highest BCUT2D eigenvalue weighted by atomic mass is 32.2. The van der Waals surface area contributed by atoms with Crippen LogP contribution in [0.15, 0.2) is 0 Å². The van der Waals surface area contributed by atoms with Crippen molar-refractivity contribution in [1.29, 1.82) is 0 Å². The molecule has 15 heavy (non-hydrogen) atoms. The Labute approximate surface area is 98.5 Å². The normalized spacial score (nSPS) is 20.4. The van der Waals surface area contributed by atoms with Gasteiger partial charge in [0.15, 0.2) is 0 Å². The Balaban J connectivity index is 2.13. The highest BCUT2D eigenvalue weighted by molar-refractivity contribution is 7.99. The summed E-state index contributed by atoms with van der Waals surface area (Å²) < 4.78 is 5.22. The molecule has 1 N–H and O–H groups in total. The van der Waals surface area contributed by atoms with Gasteiger partial charge in [-0.15, -0.1) is 0 Å². The van der Waals surface area contributed by atoms with E-state index in [0.29, 0.717) is 6.04 Å². The molecule has 0 aliphatic heterocycles. The summed E-state index contributed by atoms with van der Waals surface area (Å²) in [4.78, 5) is 0. The number of rotatable bonds is 7. The maximum Gasteiger partial charge on any atom is 0.0623 e. The Bertz CT molecular complexity index is 143. The predicted molar refractivity (Wildman–Crippen MR) is 68.7 cm³/mol. The molecule has 0 radical (unpaired) electrons. The van der Waals surface area contributed by atoms with Crippen LogP contribution in [-0.4, -0.2) is 37.3 Å². The van der Waals surface area contributed by atoms with E-state index in [9.17, 15) is 0 Å². The second-order valence-corrected chi connectivity index (χ2v) is 5.64. The fraction of sp³-hybridized carbons (Fsp3) is 1.00. The van der Waals surface area contributed by atoms with Gasteiger partial charge in [-0.1, -0.05) is 26.2 Å². The summed E-state index contributed by atoms with van der Waals surface area (Å²) in [6.45, 7) is 4.04. The van der Waals surface area contributed by atoms with Gasteiger partial charge in [-0.2, -0.15) is 11.8 Å². The number of likely N-dealkylation sites (N-methyl/N-ethyl adjacent to an activating group) is 1. The summed E-state index contributed by atoms with van der Waals surface area (Å²) in [5, 5.41) is 4.39. The third kappa shape index (κ3) is 5.79. The molecule has 0 aromatic rings. The molecular weight excluding hydrogens is 206 g/mol. The van der Waals surface area contributed by atoms with Gasteiger partial charge in [-0.3, -0.25) is 0 Å². The molecule has 2 nitrogen and oxygen atoms in total. The summed E-state index contributed by atoms with van der Waals surface area (Å²) in [5.74, 6) is 1.20. The van der Waals surface area contributed by atoms with E-state index in [1.54, 1.807) is 7.11 Å². The first-order chi connectivity index (χ1) is 7.36. The van der Waals surface area contributed by atoms with E-state index in [4.69, 9.17) is 4.74 Å². The van der Waals surface area contributed by atoms with Crippen molar-refractivity contribution in [1.82, 2.24) is 5.32 Å². The van der Waals surface area contributed by atoms with Crippen LogP contribution in [0.1, 0.15) is 39.0 Å². The zero-order valence-corrected chi connectivity index (χ0v) is 10.9. The van der Waals surface area contributed by atoms with Gasteiger partial charge in [0.1, 0.15) is 0 Å². The van der Waals surface area contributed by atoms with E-state index in [1.807, 2.05) is 0 Å². The molecule has 1 rings (SSSR count). The first-order valence-corrected chi connectivity index (χ1v) is 7.25. The van der Waals surface area contributed by atoms with Gasteiger partial charge in [-0.05, 0) is 19.4 Å². The first-order valence-electron chi connectivity index (χ1n) is 6.20. The van der Waals surface area contributed by atoms with Gasteiger partial charge < -0.3 is 10.1 Å². The fourth-order valence-electron chi connectivity index (χ4n) is 2.14. The molecule has 0 aromatic carbocycles. The third-order valence-corrected chi connectivity index (χ3v) is 4.48. The van der Waals surface area contributed by atoms with Gasteiger partial charge in [0, 0.05) is 24.2 Å². The Morgan fingerprint density at radius 3 is 2.67 bits per heavy atom. The number of hydrogen-bond donors (Lipinski definition) is 1. The van der Waals surface area contributed by atoms with Crippen molar-refractivity contribution in [3.8, 4) is 0 Å². The maximum atomic E-state index is 5.22. The number of hydrogen-bond acceptors (Lipinski definition) is 3. The molecule has 1 saturated carbocycles. The SMILES string of the molecule is CCNC(COC)CSC1CCCCC1. The third-order valence-electron chi connectivity index (χ3n) is 2.95. The number of thioether (sulfide) groups is 1. The highest BCUT2D eigenvalue weighted by Crippen LogP contribution is 2.28. The number of ether oxygens (including phenoxy) is 1. The molecule has 0 spiro atoms. The molecular formula is C12H25NOS. The molecule has 0 saturated heterocycles. The smallest absolute Gasteiger partial charge is 0.0623 e. The van der Waals surface area contributed by atoms with Gasteiger partial charge in [0.25, 0.3) is 0 Å². The lowest BCUT2D eigenvalue weighted by molar-refractivity contribution is 0.174. The van der Waals surface area contributed by atoms with Crippen molar-refractivity contribution in [3.63, 3.8) is 0 Å². The van der Waals surface area contributed by atoms with E-state index in [1.165, 1.54) is 37.9 Å². The summed E-state index contributed by atoms with van der Waals surface area (Å²) in [6, 6.07) is 0.534. The van der Waals surface area contributed by atoms with E-state index in [-0.39, 0.29) is 0 Å². The average molecular weight is 231 g/mol. The largest absolute Gasteiger partial charge is 0.383 e. The maximum absolute atomic E-state index is 5.22. The highest BCUT2D eigenvalue weighted by Gasteiger charge is 2.16. The molecule has 0 bridgehead atoms. The van der Waals surface area contributed by atoms with Crippen LogP contribution in [0, 0.1) is 0 Å². The van der Waals surface area contributed by atoms with Crippen LogP contribution in [0.5, 0.6) is 0 Å². The fourth-order valence-corrected chi connectivity index (χ4v) is 3.53. The van der Waals surface area contributed by atoms with Crippen molar-refractivity contribution in [2.24, 2.45) is 0 Å². The molecule has 0 amide bonds. The summed E-state index contributed by atoms with van der Waals surface area (Å²) in [7, 11) is 1.79. The van der Waals surface area contributed by atoms with Crippen LogP contribution < -0.4 is 5.32 Å². The zero-order valence-electron chi connectivity index (χ0n) is 10.1. The standard InChI is InChI=1S/C12H25NOS/c1-3-13-11(9-14-2)10-15-12-7-5-4-6-8-12/h11-13H,3-10H2,1-2H3. The Hall–Kier alpha value is 0.270. The van der Waals surface area contributed by atoms with Gasteiger partial charge in [0.05, 0.1) is 6.61 Å². The topological polar surface area (TPSA) is 21.3 Å². The van der Waals surface area contributed by atoms with Crippen LogP contribution in [0.25, 0.3) is 0 Å². The molecule has 90 valence electrons. The molecule has 1 unspecified atom stereocenters. The average Bonchev–Trinajstić information content (AvgIpc) is 2.28. The summed E-state index contributed by atoms with van der Waals surface area (Å²) >= 11 is 2.14. The molecule has 1 aliphatic rings. The predicted octanol–water partition coefficient (Wildman–Crippen LogP) is 2.68. The van der Waals surface area contributed by atoms with Crippen LogP contribution in [0.2, 0.25) is 0 Å². The summed E-state index contributed by atoms with van der Waals surface area (Å²) in [6.07, 6.45) is 7.18. The Morgan fingerprint density at radius 1 is 1.33 bits per heavy atom. The minimum Gasteiger partial charge on any atom is -0.383 e. The van der Waals surface area contributed by atoms with E-state index >= 15 is 0 Å². The molecule has 3 heteroatoms. The van der Waals surface area contributed by atoms with E-state index < -0.39 is 0 Å². The monoisotopic (exact) mass is 231 g/mol. The van der Waals surface area contributed by atoms with Crippen molar-refractivity contribution in [2.45, 2.75) is 50.3 Å². The van der Waals surface area contributed by atoms with Gasteiger partial charge in [0.2, 0.25) is 0 Å². The number of nitrogens with one attached hydrogen (secondary N) is 1. The minimum atomic E-state index is 0.534. The second kappa shape index (κ2) is 8.43. The van der Waals surface area contributed by atoms with Crippen LogP contribution in [-0.2, 0) is 4.74 Å². The molecule has 0 heterocycles. The van der Waals surface area contributed by atoms with Crippen molar-refractivity contribution >= 4 is 11.8 Å². The van der Waals surface area contributed by atoms with Crippen LogP contribution in [0.4, 0.5) is 0 Å². The van der Waals surface area contributed by atoms with Crippen molar-refractivity contribution < 1.29 is 4.74 Å². The Kier molecular flexibility index (Phi) is 7.49. The van der Waals surface area contributed by atoms with Gasteiger partial charge >= 0.3 is 0 Å². The number of methoxy groups -OCH3 is 1. The lowest BCUT2D eigenvalue weighted by Crippen LogP contribution is -2.35. The summed E-state index contributed by atoms with van der Waals surface area (Å²) in [5.41, 5.74) is 0. The van der Waals surface area contributed by atoms with Gasteiger partial charge in [-0.25, -0.2) is 0 Å². The van der Waals surface area contributed by atoms with Crippen molar-refractivity contribution in [2.75, 3.05) is 26.0 Å².